The van der Waals surface area contributed by atoms with E-state index in [9.17, 15) is 24.8 Å². The number of nitrogens with zero attached hydrogens (tertiary/aromatic N) is 1. The molecule has 142 valence electrons. The molecule has 0 aromatic heterocycles. The van der Waals surface area contributed by atoms with Crippen LogP contribution < -0.4 is 10.4 Å². The van der Waals surface area contributed by atoms with Crippen molar-refractivity contribution in [2.45, 2.75) is 38.6 Å². The first-order chi connectivity index (χ1) is 12.6. The summed E-state index contributed by atoms with van der Waals surface area (Å²) in [5.41, 5.74) is 1.50. The third kappa shape index (κ3) is 5.37. The van der Waals surface area contributed by atoms with Gasteiger partial charge in [-0.25, -0.2) is 0 Å². The van der Waals surface area contributed by atoms with Gasteiger partial charge in [-0.1, -0.05) is 51.1 Å². The van der Waals surface area contributed by atoms with Gasteiger partial charge in [-0.2, -0.15) is 0 Å². The van der Waals surface area contributed by atoms with Gasteiger partial charge in [-0.15, -0.1) is 0 Å². The number of nitrogens with one attached hydrogen (secondary N) is 1. The largest absolute Gasteiger partial charge is 0.550 e. The Balaban J connectivity index is 2.26. The topological polar surface area (TPSA) is 112 Å². The Morgan fingerprint density at radius 1 is 1.11 bits per heavy atom. The average molecular weight is 369 g/mol. The van der Waals surface area contributed by atoms with Crippen molar-refractivity contribution in [1.29, 1.82) is 0 Å². The van der Waals surface area contributed by atoms with Crippen LogP contribution in [0.15, 0.2) is 48.5 Å². The number of nitro groups is 1. The minimum atomic E-state index is -1.31. The Bertz CT molecular complexity index is 853. The number of nitro benzene ring substituents is 1. The Morgan fingerprint density at radius 2 is 1.74 bits per heavy atom. The number of hydrogen-bond acceptors (Lipinski definition) is 5. The van der Waals surface area contributed by atoms with E-state index in [0.717, 1.165) is 11.6 Å². The van der Waals surface area contributed by atoms with Gasteiger partial charge >= 0.3 is 0 Å². The molecule has 0 saturated carbocycles. The summed E-state index contributed by atoms with van der Waals surface area (Å²) in [6.45, 7) is 6.18. The molecular weight excluding hydrogens is 348 g/mol. The minimum Gasteiger partial charge on any atom is -0.550 e. The van der Waals surface area contributed by atoms with Crippen molar-refractivity contribution in [2.24, 2.45) is 0 Å². The van der Waals surface area contributed by atoms with E-state index in [4.69, 9.17) is 0 Å². The van der Waals surface area contributed by atoms with E-state index in [0.29, 0.717) is 5.56 Å². The highest BCUT2D eigenvalue weighted by atomic mass is 16.6. The van der Waals surface area contributed by atoms with E-state index in [1.165, 1.54) is 18.2 Å². The Morgan fingerprint density at radius 3 is 2.26 bits per heavy atom. The van der Waals surface area contributed by atoms with Gasteiger partial charge in [0, 0.05) is 30.1 Å². The molecule has 0 radical (unpaired) electrons. The van der Waals surface area contributed by atoms with Crippen molar-refractivity contribution in [1.82, 2.24) is 5.32 Å². The molecule has 7 heteroatoms. The average Bonchev–Trinajstić information content (AvgIpc) is 2.60. The van der Waals surface area contributed by atoms with Crippen LogP contribution in [0.4, 0.5) is 5.69 Å². The molecule has 0 saturated heterocycles. The summed E-state index contributed by atoms with van der Waals surface area (Å²) in [6.07, 6.45) is -0.407. The van der Waals surface area contributed by atoms with Gasteiger partial charge in [0.1, 0.15) is 0 Å². The molecule has 2 aromatic carbocycles. The second-order valence-electron chi connectivity index (χ2n) is 7.28. The maximum absolute atomic E-state index is 12.5. The van der Waals surface area contributed by atoms with E-state index >= 15 is 0 Å². The number of carbonyl (C=O) groups is 2. The van der Waals surface area contributed by atoms with Crippen LogP contribution in [0.25, 0.3) is 0 Å². The van der Waals surface area contributed by atoms with Gasteiger partial charge in [-0.3, -0.25) is 14.9 Å². The van der Waals surface area contributed by atoms with Crippen LogP contribution in [0.5, 0.6) is 0 Å². The second-order valence-corrected chi connectivity index (χ2v) is 7.28. The van der Waals surface area contributed by atoms with Crippen LogP contribution in [0, 0.1) is 10.1 Å². The summed E-state index contributed by atoms with van der Waals surface area (Å²) in [4.78, 5) is 33.9. The van der Waals surface area contributed by atoms with Gasteiger partial charge in [0.05, 0.1) is 11.0 Å². The minimum absolute atomic E-state index is 0.0609. The molecule has 7 nitrogen and oxygen atoms in total. The van der Waals surface area contributed by atoms with E-state index < -0.39 is 29.3 Å². The van der Waals surface area contributed by atoms with Crippen LogP contribution >= 0.6 is 0 Å². The fourth-order valence-electron chi connectivity index (χ4n) is 2.64. The van der Waals surface area contributed by atoms with Crippen molar-refractivity contribution in [2.75, 3.05) is 0 Å². The maximum atomic E-state index is 12.5. The lowest BCUT2D eigenvalue weighted by atomic mass is 9.86. The Hall–Kier alpha value is -3.22. The number of carbonyl (C=O) groups excluding carboxylic acids is 2. The summed E-state index contributed by atoms with van der Waals surface area (Å²) >= 11 is 0. The molecule has 27 heavy (non-hydrogen) atoms. The van der Waals surface area contributed by atoms with Crippen molar-refractivity contribution in [3.05, 3.63) is 75.3 Å². The number of aliphatic carboxylic acids is 1. The molecule has 1 unspecified atom stereocenters. The number of non-ortho nitro benzene ring substituents is 1. The van der Waals surface area contributed by atoms with E-state index in [-0.39, 0.29) is 16.7 Å². The molecule has 0 heterocycles. The summed E-state index contributed by atoms with van der Waals surface area (Å²) < 4.78 is 0. The van der Waals surface area contributed by atoms with Crippen molar-refractivity contribution >= 4 is 17.6 Å². The zero-order valence-electron chi connectivity index (χ0n) is 15.4. The fraction of sp³-hybridized carbons (Fsp3) is 0.300. The summed E-state index contributed by atoms with van der Waals surface area (Å²) in [6, 6.07) is 11.8. The zero-order valence-corrected chi connectivity index (χ0v) is 15.4. The zero-order chi connectivity index (χ0) is 20.2. The summed E-state index contributed by atoms with van der Waals surface area (Å²) in [7, 11) is 0. The molecule has 0 fully saturated rings. The van der Waals surface area contributed by atoms with Crippen molar-refractivity contribution in [3.8, 4) is 0 Å². The quantitative estimate of drug-likeness (QED) is 0.621. The first kappa shape index (κ1) is 20.1. The lowest BCUT2D eigenvalue weighted by molar-refractivity contribution is -0.384. The van der Waals surface area contributed by atoms with Gasteiger partial charge in [0.15, 0.2) is 0 Å². The van der Waals surface area contributed by atoms with Crippen LogP contribution in [0.3, 0.4) is 0 Å². The lowest BCUT2D eigenvalue weighted by Gasteiger charge is -2.23. The summed E-state index contributed by atoms with van der Waals surface area (Å²) in [5, 5.41) is 24.6. The van der Waals surface area contributed by atoms with E-state index in [1.807, 2.05) is 12.1 Å². The molecule has 0 aliphatic carbocycles. The molecule has 0 aliphatic heterocycles. The maximum Gasteiger partial charge on any atom is 0.270 e. The first-order valence-electron chi connectivity index (χ1n) is 8.43. The van der Waals surface area contributed by atoms with Gasteiger partial charge in [0.2, 0.25) is 0 Å². The molecular formula is C20H21N2O5-. The molecule has 0 bridgehead atoms. The Kier molecular flexibility index (Phi) is 5.95. The lowest BCUT2D eigenvalue weighted by Crippen LogP contribution is -2.34. The van der Waals surface area contributed by atoms with Crippen LogP contribution in [-0.4, -0.2) is 16.8 Å². The van der Waals surface area contributed by atoms with Crippen LogP contribution in [-0.2, 0) is 10.2 Å². The molecule has 1 amide bonds. The number of rotatable bonds is 6. The highest BCUT2D eigenvalue weighted by molar-refractivity contribution is 5.95. The normalized spacial score (nSPS) is 12.3. The molecule has 0 aliphatic rings. The molecule has 1 atom stereocenters. The van der Waals surface area contributed by atoms with E-state index in [1.54, 1.807) is 12.1 Å². The molecule has 2 aromatic rings. The molecule has 1 N–H and O–H groups in total. The SMILES string of the molecule is CC(C)(C)c1ccc(C(CC(=O)[O-])NC(=O)c2cccc([N+](=O)[O-])c2)cc1. The highest BCUT2D eigenvalue weighted by Crippen LogP contribution is 2.25. The van der Waals surface area contributed by atoms with Crippen molar-refractivity contribution in [3.63, 3.8) is 0 Å². The third-order valence-corrected chi connectivity index (χ3v) is 4.17. The summed E-state index contributed by atoms with van der Waals surface area (Å²) in [5.74, 6) is -1.90. The first-order valence-corrected chi connectivity index (χ1v) is 8.43. The van der Waals surface area contributed by atoms with Crippen LogP contribution in [0.2, 0.25) is 0 Å². The number of carboxylic acids is 1. The molecule has 2 rings (SSSR count). The monoisotopic (exact) mass is 369 g/mol. The third-order valence-electron chi connectivity index (χ3n) is 4.17. The molecule has 0 spiro atoms. The number of amides is 1. The number of benzene rings is 2. The van der Waals surface area contributed by atoms with Gasteiger partial charge < -0.3 is 15.2 Å². The second kappa shape index (κ2) is 7.99. The highest BCUT2D eigenvalue weighted by Gasteiger charge is 2.19. The van der Waals surface area contributed by atoms with Gasteiger partial charge in [0.25, 0.3) is 11.6 Å². The van der Waals surface area contributed by atoms with Gasteiger partial charge in [-0.05, 0) is 22.6 Å². The predicted molar refractivity (Wildman–Crippen MR) is 98.1 cm³/mol. The van der Waals surface area contributed by atoms with Crippen LogP contribution in [0.1, 0.15) is 54.7 Å². The van der Waals surface area contributed by atoms with Crippen molar-refractivity contribution < 1.29 is 19.6 Å². The fourth-order valence-corrected chi connectivity index (χ4v) is 2.64. The standard InChI is InChI=1S/C20H22N2O5/c1-20(2,3)15-9-7-13(8-10-15)17(12-18(23)24)21-19(25)14-5-4-6-16(11-14)22(26)27/h4-11,17H,12H2,1-3H3,(H,21,25)(H,23,24)/p-1. The Labute approximate surface area is 157 Å². The number of carboxylic acid groups (broad SMARTS) is 1. The smallest absolute Gasteiger partial charge is 0.270 e. The van der Waals surface area contributed by atoms with E-state index in [2.05, 4.69) is 26.1 Å². The predicted octanol–water partition coefficient (Wildman–Crippen LogP) is 2.50. The number of hydrogen-bond donors (Lipinski definition) is 1.